The normalized spacial score (nSPS) is 11.1. The molecule has 27 heavy (non-hydrogen) atoms. The first-order chi connectivity index (χ1) is 13.3. The van der Waals surface area contributed by atoms with E-state index < -0.39 is 0 Å². The maximum atomic E-state index is 8.90. The third-order valence-corrected chi connectivity index (χ3v) is 5.08. The van der Waals surface area contributed by atoms with Crippen molar-refractivity contribution in [3.8, 4) is 16.9 Å². The summed E-state index contributed by atoms with van der Waals surface area (Å²) < 4.78 is 5.12. The number of hydrogen-bond donors (Lipinski definition) is 1. The van der Waals surface area contributed by atoms with Gasteiger partial charge in [0.15, 0.2) is 0 Å². The molecule has 0 amide bonds. The third-order valence-electron chi connectivity index (χ3n) is 5.08. The average molecular weight is 347 g/mol. The molecule has 0 heterocycles. The molecule has 5 aromatic carbocycles. The number of hydrogen-bond acceptors (Lipinski definition) is 2. The Morgan fingerprint density at radius 3 is 2.19 bits per heavy atom. The highest BCUT2D eigenvalue weighted by Gasteiger charge is 2.09. The summed E-state index contributed by atoms with van der Waals surface area (Å²) in [5, 5.41) is 16.1. The van der Waals surface area contributed by atoms with E-state index in [1.54, 1.807) is 0 Å². The van der Waals surface area contributed by atoms with Gasteiger partial charge in [-0.25, -0.2) is 0 Å². The van der Waals surface area contributed by atoms with Gasteiger partial charge in [-0.15, -0.1) is 0 Å². The Kier molecular flexibility index (Phi) is 3.81. The minimum absolute atomic E-state index is 0.616. The van der Waals surface area contributed by atoms with E-state index in [0.717, 1.165) is 16.3 Å². The summed E-state index contributed by atoms with van der Waals surface area (Å²) in [5.41, 5.74) is 2.38. The first kappa shape index (κ1) is 15.9. The molecule has 0 spiro atoms. The lowest BCUT2D eigenvalue weighted by molar-refractivity contribution is 0.454. The summed E-state index contributed by atoms with van der Waals surface area (Å²) in [6.07, 6.45) is 0. The minimum atomic E-state index is 0.616. The van der Waals surface area contributed by atoms with Gasteiger partial charge in [0.25, 0.3) is 0 Å². The zero-order chi connectivity index (χ0) is 18.2. The van der Waals surface area contributed by atoms with Gasteiger partial charge in [0, 0.05) is 0 Å². The van der Waals surface area contributed by atoms with E-state index in [2.05, 4.69) is 72.8 Å². The van der Waals surface area contributed by atoms with Crippen molar-refractivity contribution in [1.29, 1.82) is 0 Å². The predicted octanol–water partition coefficient (Wildman–Crippen LogP) is 5.72. The van der Waals surface area contributed by atoms with Crippen LogP contribution in [0.4, 0.5) is 0 Å². The van der Waals surface area contributed by atoms with Gasteiger partial charge in [0.2, 0.25) is 0 Å². The summed E-state index contributed by atoms with van der Waals surface area (Å²) >= 11 is 0. The van der Waals surface area contributed by atoms with Crippen molar-refractivity contribution < 1.29 is 9.68 Å². The molecule has 5 rings (SSSR count). The molecule has 0 bridgehead atoms. The fourth-order valence-electron chi connectivity index (χ4n) is 3.82. The highest BCUT2D eigenvalue weighted by Crippen LogP contribution is 2.36. The van der Waals surface area contributed by atoms with Crippen molar-refractivity contribution in [1.82, 2.24) is 0 Å². The van der Waals surface area contributed by atoms with Gasteiger partial charge in [-0.1, -0.05) is 66.7 Å². The lowest BCUT2D eigenvalue weighted by Gasteiger charge is -2.12. The molecule has 0 saturated heterocycles. The number of rotatable bonds is 3. The Bertz CT molecular complexity index is 1290. The van der Waals surface area contributed by atoms with Crippen LogP contribution in [0.2, 0.25) is 0 Å². The largest absolute Gasteiger partial charge is 0.569 e. The quantitative estimate of drug-likeness (QED) is 0.334. The molecule has 5 aromatic rings. The Morgan fingerprint density at radius 1 is 0.593 bits per heavy atom. The summed E-state index contributed by atoms with van der Waals surface area (Å²) in [7, 11) is 0.710. The first-order valence-corrected chi connectivity index (χ1v) is 8.91. The van der Waals surface area contributed by atoms with Gasteiger partial charge in [-0.2, -0.15) is 0 Å². The van der Waals surface area contributed by atoms with Crippen LogP contribution in [0, 0.1) is 0 Å². The second-order valence-electron chi connectivity index (χ2n) is 6.64. The first-order valence-electron chi connectivity index (χ1n) is 8.91. The van der Waals surface area contributed by atoms with Crippen molar-refractivity contribution >= 4 is 40.0 Å². The third kappa shape index (κ3) is 2.73. The molecule has 0 saturated carbocycles. The van der Waals surface area contributed by atoms with Crippen LogP contribution in [0.25, 0.3) is 43.4 Å². The number of fused-ring (bicyclic) bond motifs is 4. The Hall–Kier alpha value is -3.30. The van der Waals surface area contributed by atoms with Crippen LogP contribution in [0.3, 0.4) is 0 Å². The molecular formula is C24H16BO2. The van der Waals surface area contributed by atoms with Gasteiger partial charge >= 0.3 is 7.69 Å². The van der Waals surface area contributed by atoms with Gasteiger partial charge in [0.05, 0.1) is 0 Å². The van der Waals surface area contributed by atoms with E-state index in [4.69, 9.17) is 9.68 Å². The van der Waals surface area contributed by atoms with Gasteiger partial charge < -0.3 is 9.68 Å². The molecule has 0 atom stereocenters. The molecule has 0 aliphatic rings. The zero-order valence-electron chi connectivity index (χ0n) is 14.6. The fourth-order valence-corrected chi connectivity index (χ4v) is 3.82. The monoisotopic (exact) mass is 347 g/mol. The van der Waals surface area contributed by atoms with Crippen molar-refractivity contribution in [2.45, 2.75) is 0 Å². The SMILES string of the molecule is O[B]Oc1ccc2ccc(-c3cc4ccccc4c4ccccc34)cc2c1. The lowest BCUT2D eigenvalue weighted by atomic mass is 9.92. The topological polar surface area (TPSA) is 29.5 Å². The van der Waals surface area contributed by atoms with E-state index in [9.17, 15) is 0 Å². The van der Waals surface area contributed by atoms with E-state index in [1.807, 2.05) is 18.2 Å². The van der Waals surface area contributed by atoms with Crippen molar-refractivity contribution in [3.63, 3.8) is 0 Å². The lowest BCUT2D eigenvalue weighted by Crippen LogP contribution is -1.99. The van der Waals surface area contributed by atoms with Gasteiger partial charge in [0.1, 0.15) is 5.75 Å². The maximum Gasteiger partial charge on any atom is 0.569 e. The van der Waals surface area contributed by atoms with Crippen LogP contribution >= 0.6 is 0 Å². The summed E-state index contributed by atoms with van der Waals surface area (Å²) in [6, 6.07) is 31.6. The van der Waals surface area contributed by atoms with Crippen molar-refractivity contribution in [3.05, 3.63) is 91.0 Å². The van der Waals surface area contributed by atoms with Crippen LogP contribution < -0.4 is 4.65 Å². The van der Waals surface area contributed by atoms with Crippen LogP contribution in [0.15, 0.2) is 91.0 Å². The predicted molar refractivity (Wildman–Crippen MR) is 113 cm³/mol. The van der Waals surface area contributed by atoms with E-state index in [-0.39, 0.29) is 0 Å². The minimum Gasteiger partial charge on any atom is -0.537 e. The molecule has 1 N–H and O–H groups in total. The van der Waals surface area contributed by atoms with Crippen LogP contribution in [-0.2, 0) is 0 Å². The molecule has 0 aliphatic heterocycles. The second kappa shape index (κ2) is 6.46. The smallest absolute Gasteiger partial charge is 0.537 e. The molecule has 1 radical (unpaired) electrons. The summed E-state index contributed by atoms with van der Waals surface area (Å²) in [4.78, 5) is 0. The standard InChI is InChI=1S/C24H16BO2/c26-25-27-20-12-11-16-9-10-18(13-19(16)14-20)24-15-17-5-1-2-6-21(17)22-7-3-4-8-23(22)24/h1-15,26H. The number of benzene rings is 5. The molecule has 3 heteroatoms. The van der Waals surface area contributed by atoms with E-state index >= 15 is 0 Å². The Morgan fingerprint density at radius 2 is 1.33 bits per heavy atom. The highest BCUT2D eigenvalue weighted by atomic mass is 16.5. The fraction of sp³-hybridized carbons (Fsp3) is 0. The Balaban J connectivity index is 1.79. The molecule has 0 aromatic heterocycles. The van der Waals surface area contributed by atoms with Crippen LogP contribution in [-0.4, -0.2) is 12.7 Å². The summed E-state index contributed by atoms with van der Waals surface area (Å²) in [6.45, 7) is 0. The Labute approximate surface area is 157 Å². The van der Waals surface area contributed by atoms with Gasteiger partial charge in [-0.3, -0.25) is 0 Å². The highest BCUT2D eigenvalue weighted by molar-refractivity contribution is 6.17. The van der Waals surface area contributed by atoms with Gasteiger partial charge in [-0.05, 0) is 67.7 Å². The van der Waals surface area contributed by atoms with E-state index in [0.29, 0.717) is 13.4 Å². The maximum absolute atomic E-state index is 8.90. The molecule has 0 fully saturated rings. The average Bonchev–Trinajstić information content (AvgIpc) is 2.73. The van der Waals surface area contributed by atoms with Crippen molar-refractivity contribution in [2.75, 3.05) is 0 Å². The zero-order valence-corrected chi connectivity index (χ0v) is 14.6. The molecule has 2 nitrogen and oxygen atoms in total. The molecule has 0 aliphatic carbocycles. The molecule has 0 unspecified atom stereocenters. The van der Waals surface area contributed by atoms with Crippen LogP contribution in [0.5, 0.6) is 5.75 Å². The van der Waals surface area contributed by atoms with Crippen LogP contribution in [0.1, 0.15) is 0 Å². The summed E-state index contributed by atoms with van der Waals surface area (Å²) in [5.74, 6) is 0.616. The second-order valence-corrected chi connectivity index (χ2v) is 6.64. The molecule has 127 valence electrons. The molecular weight excluding hydrogens is 331 g/mol. The van der Waals surface area contributed by atoms with E-state index in [1.165, 1.54) is 27.1 Å². The van der Waals surface area contributed by atoms with Crippen molar-refractivity contribution in [2.24, 2.45) is 0 Å².